The molecule has 112 valence electrons. The fourth-order valence-electron chi connectivity index (χ4n) is 2.22. The van der Waals surface area contributed by atoms with Crippen LogP contribution in [0.15, 0.2) is 60.4 Å². The monoisotopic (exact) mass is 312 g/mol. The summed E-state index contributed by atoms with van der Waals surface area (Å²) >= 11 is 0. The van der Waals surface area contributed by atoms with Gasteiger partial charge in [-0.3, -0.25) is 10.1 Å². The van der Waals surface area contributed by atoms with E-state index in [1.54, 1.807) is 6.20 Å². The maximum atomic E-state index is 12.3. The molecule has 0 aliphatic heterocycles. The molecule has 1 N–H and O–H groups in total. The summed E-state index contributed by atoms with van der Waals surface area (Å²) in [6, 6.07) is 11.5. The third kappa shape index (κ3) is 2.94. The van der Waals surface area contributed by atoms with E-state index in [2.05, 4.69) is 29.5 Å². The van der Waals surface area contributed by atoms with Gasteiger partial charge in [-0.2, -0.15) is 4.98 Å². The van der Waals surface area contributed by atoms with Crippen LogP contribution < -0.4 is 5.32 Å². The molecule has 0 radical (unpaired) electrons. The van der Waals surface area contributed by atoms with Crippen molar-refractivity contribution in [1.82, 2.24) is 9.55 Å². The number of nitrogens with zero attached hydrogens (tertiary/aromatic N) is 2. The number of rotatable bonds is 4. The molecule has 1 amide bonds. The van der Waals surface area contributed by atoms with Crippen LogP contribution in [0.3, 0.4) is 0 Å². The molecule has 2 heterocycles. The Morgan fingerprint density at radius 2 is 1.86 bits per heavy atom. The lowest BCUT2D eigenvalue weighted by Gasteiger charge is -2.05. The molecule has 1 atom stereocenters. The van der Waals surface area contributed by atoms with Crippen molar-refractivity contribution in [3.63, 3.8) is 0 Å². The summed E-state index contributed by atoms with van der Waals surface area (Å²) in [5, 5.41) is 6.18. The molecule has 0 saturated carbocycles. The number of amides is 1. The average molecular weight is 312 g/mol. The zero-order valence-electron chi connectivity index (χ0n) is 12.6. The fourth-order valence-corrected chi connectivity index (χ4v) is 3.70. The zero-order valence-corrected chi connectivity index (χ0v) is 13.4. The van der Waals surface area contributed by atoms with E-state index in [0.29, 0.717) is 10.8 Å². The van der Waals surface area contributed by atoms with Crippen LogP contribution in [0, 0.1) is 0 Å². The van der Waals surface area contributed by atoms with Crippen LogP contribution >= 0.6 is 10.5 Å². The minimum absolute atomic E-state index is 0.106. The van der Waals surface area contributed by atoms with E-state index in [1.807, 2.05) is 53.4 Å². The van der Waals surface area contributed by atoms with Gasteiger partial charge in [0.05, 0.1) is 6.20 Å². The highest BCUT2D eigenvalue weighted by molar-refractivity contribution is 7.33. The van der Waals surface area contributed by atoms with Crippen LogP contribution in [0.1, 0.15) is 29.5 Å². The first-order valence-electron chi connectivity index (χ1n) is 7.16. The summed E-state index contributed by atoms with van der Waals surface area (Å²) in [4.78, 5) is 16.6. The minimum atomic E-state index is -0.111. The number of benzene rings is 1. The smallest absolute Gasteiger partial charge is 0.324 e. The third-order valence-corrected chi connectivity index (χ3v) is 5.47. The highest BCUT2D eigenvalue weighted by Gasteiger charge is 2.21. The summed E-state index contributed by atoms with van der Waals surface area (Å²) < 4.78 is 2.00. The second kappa shape index (κ2) is 6.15. The van der Waals surface area contributed by atoms with E-state index in [0.717, 1.165) is 10.8 Å². The van der Waals surface area contributed by atoms with Gasteiger partial charge < -0.3 is 4.57 Å². The van der Waals surface area contributed by atoms with Gasteiger partial charge in [0.25, 0.3) is 5.91 Å². The van der Waals surface area contributed by atoms with Crippen molar-refractivity contribution in [1.29, 1.82) is 0 Å². The van der Waals surface area contributed by atoms with E-state index >= 15 is 0 Å². The van der Waals surface area contributed by atoms with Gasteiger partial charge in [-0.25, -0.2) is 0 Å². The standard InChI is InChI=1S/C17H17N3OS/c1-13(2)22-12-9-18-17(22)19-16(21)14-5-7-15(8-6-14)20-10-3-4-11-20/h3-13H,1-2H3/p+1. The van der Waals surface area contributed by atoms with Crippen LogP contribution in [0.25, 0.3) is 5.69 Å². The Balaban J connectivity index is 1.76. The topological polar surface area (TPSA) is 46.9 Å². The predicted molar refractivity (Wildman–Crippen MR) is 90.8 cm³/mol. The molecule has 3 aromatic rings. The zero-order chi connectivity index (χ0) is 15.5. The molecule has 0 aliphatic rings. The minimum Gasteiger partial charge on any atom is -0.324 e. The molecule has 3 rings (SSSR count). The Kier molecular flexibility index (Phi) is 4.06. The molecular formula is C17H18N3OS+. The molecule has 1 aromatic carbocycles. The lowest BCUT2D eigenvalue weighted by molar-refractivity contribution is 0.102. The molecule has 1 unspecified atom stereocenters. The summed E-state index contributed by atoms with van der Waals surface area (Å²) in [6.07, 6.45) is 5.72. The number of aromatic nitrogens is 2. The molecule has 5 heteroatoms. The molecule has 0 saturated heterocycles. The number of anilines is 1. The Morgan fingerprint density at radius 3 is 2.50 bits per heavy atom. The number of carbonyl (C=O) groups is 1. The van der Waals surface area contributed by atoms with Crippen molar-refractivity contribution in [3.05, 3.63) is 65.9 Å². The second-order valence-corrected chi connectivity index (χ2v) is 7.58. The van der Waals surface area contributed by atoms with Crippen molar-refractivity contribution < 1.29 is 4.79 Å². The molecule has 0 aliphatic carbocycles. The van der Waals surface area contributed by atoms with Gasteiger partial charge in [-0.1, -0.05) is 0 Å². The molecule has 2 aromatic heterocycles. The van der Waals surface area contributed by atoms with Gasteiger partial charge in [-0.05, 0) is 50.2 Å². The molecule has 0 spiro atoms. The summed E-state index contributed by atoms with van der Waals surface area (Å²) in [6.45, 7) is 4.26. The van der Waals surface area contributed by atoms with Crippen LogP contribution in [-0.4, -0.2) is 15.5 Å². The maximum Gasteiger partial charge on any atom is 0.346 e. The summed E-state index contributed by atoms with van der Waals surface area (Å²) in [7, 11) is -0.106. The van der Waals surface area contributed by atoms with Crippen molar-refractivity contribution in [2.24, 2.45) is 0 Å². The Labute approximate surface area is 132 Å². The number of hydrogen-bond donors (Lipinski definition) is 1. The van der Waals surface area contributed by atoms with E-state index in [-0.39, 0.29) is 16.4 Å². The largest absolute Gasteiger partial charge is 0.346 e. The highest BCUT2D eigenvalue weighted by Crippen LogP contribution is 2.37. The van der Waals surface area contributed by atoms with Crippen LogP contribution in [0.5, 0.6) is 0 Å². The Hall–Kier alpha value is -2.40. The van der Waals surface area contributed by atoms with Crippen LogP contribution in [-0.2, 0) is 0 Å². The lowest BCUT2D eigenvalue weighted by atomic mass is 10.2. The van der Waals surface area contributed by atoms with Gasteiger partial charge in [-0.15, -0.1) is 0 Å². The third-order valence-electron chi connectivity index (χ3n) is 3.38. The SMILES string of the molecule is CC(C)[s+]1ccnc1NC(=O)c1ccc(-n2cccc2)cc1. The molecule has 4 nitrogen and oxygen atoms in total. The van der Waals surface area contributed by atoms with E-state index in [4.69, 9.17) is 0 Å². The maximum absolute atomic E-state index is 12.3. The fraction of sp³-hybridized carbons (Fsp3) is 0.176. The molecule has 0 fully saturated rings. The first-order valence-corrected chi connectivity index (χ1v) is 8.51. The predicted octanol–water partition coefficient (Wildman–Crippen LogP) is 4.45. The molecule has 22 heavy (non-hydrogen) atoms. The first kappa shape index (κ1) is 14.5. The van der Waals surface area contributed by atoms with Gasteiger partial charge in [0.15, 0.2) is 5.38 Å². The van der Waals surface area contributed by atoms with Crippen LogP contribution in [0.2, 0.25) is 0 Å². The van der Waals surface area contributed by atoms with Crippen LogP contribution in [0.4, 0.5) is 5.13 Å². The number of thiazole rings is 1. The second-order valence-electron chi connectivity index (χ2n) is 5.23. The van der Waals surface area contributed by atoms with Gasteiger partial charge in [0.1, 0.15) is 5.25 Å². The Bertz CT molecular complexity index is 758. The quantitative estimate of drug-likeness (QED) is 0.723. The van der Waals surface area contributed by atoms with Gasteiger partial charge in [0, 0.05) is 34.1 Å². The highest BCUT2D eigenvalue weighted by atomic mass is 32.2. The van der Waals surface area contributed by atoms with E-state index in [9.17, 15) is 4.79 Å². The van der Waals surface area contributed by atoms with E-state index in [1.165, 1.54) is 0 Å². The molecule has 0 bridgehead atoms. The Morgan fingerprint density at radius 1 is 1.18 bits per heavy atom. The van der Waals surface area contributed by atoms with Crippen molar-refractivity contribution in [2.75, 3.05) is 5.32 Å². The lowest BCUT2D eigenvalue weighted by Crippen LogP contribution is -2.12. The van der Waals surface area contributed by atoms with Crippen molar-refractivity contribution >= 4 is 21.5 Å². The number of carbonyl (C=O) groups excluding carboxylic acids is 1. The average Bonchev–Trinajstić information content (AvgIpc) is 3.18. The molecular weight excluding hydrogens is 294 g/mol. The normalized spacial score (nSPS) is 11.7. The number of nitrogens with one attached hydrogen (secondary N) is 1. The first-order chi connectivity index (χ1) is 10.6. The summed E-state index contributed by atoms with van der Waals surface area (Å²) in [5.41, 5.74) is 1.67. The summed E-state index contributed by atoms with van der Waals surface area (Å²) in [5.74, 6) is -0.111. The van der Waals surface area contributed by atoms with Crippen molar-refractivity contribution in [3.8, 4) is 5.69 Å². The van der Waals surface area contributed by atoms with Gasteiger partial charge >= 0.3 is 5.13 Å². The van der Waals surface area contributed by atoms with E-state index < -0.39 is 0 Å². The van der Waals surface area contributed by atoms with Gasteiger partial charge in [0.2, 0.25) is 0 Å². The number of hydrogen-bond acceptors (Lipinski definition) is 2. The van der Waals surface area contributed by atoms with Crippen molar-refractivity contribution in [2.45, 2.75) is 19.1 Å².